The summed E-state index contributed by atoms with van der Waals surface area (Å²) in [6.45, 7) is 3.78. The maximum absolute atomic E-state index is 5.40. The lowest BCUT2D eigenvalue weighted by molar-refractivity contribution is 0.405. The van der Waals surface area contributed by atoms with Crippen LogP contribution in [0.2, 0.25) is 0 Å². The molecular formula is C18H28IN5OS. The van der Waals surface area contributed by atoms with Crippen molar-refractivity contribution in [3.63, 3.8) is 0 Å². The van der Waals surface area contributed by atoms with Gasteiger partial charge in [-0.2, -0.15) is 5.10 Å². The highest BCUT2D eigenvalue weighted by molar-refractivity contribution is 14.0. The second-order valence-corrected chi connectivity index (χ2v) is 6.88. The molecule has 1 atom stereocenters. The van der Waals surface area contributed by atoms with Crippen molar-refractivity contribution in [1.82, 2.24) is 20.4 Å². The van der Waals surface area contributed by atoms with Gasteiger partial charge in [-0.05, 0) is 24.1 Å². The summed E-state index contributed by atoms with van der Waals surface area (Å²) in [7, 11) is 5.43. The van der Waals surface area contributed by atoms with Gasteiger partial charge in [-0.1, -0.05) is 19.1 Å². The Hall–Kier alpha value is -1.42. The van der Waals surface area contributed by atoms with Crippen molar-refractivity contribution in [1.29, 1.82) is 0 Å². The molecule has 0 fully saturated rings. The number of hydrogen-bond donors (Lipinski definition) is 2. The van der Waals surface area contributed by atoms with Crippen LogP contribution in [0.1, 0.15) is 12.6 Å². The Balaban J connectivity index is 0.00000338. The fourth-order valence-corrected chi connectivity index (χ4v) is 3.32. The van der Waals surface area contributed by atoms with E-state index in [0.717, 1.165) is 29.7 Å². The molecule has 0 spiro atoms. The van der Waals surface area contributed by atoms with Crippen LogP contribution >= 0.6 is 35.7 Å². The average Bonchev–Trinajstić information content (AvgIpc) is 3.05. The van der Waals surface area contributed by atoms with Gasteiger partial charge in [0.2, 0.25) is 0 Å². The molecule has 8 heteroatoms. The molecule has 1 aromatic heterocycles. The van der Waals surface area contributed by atoms with E-state index >= 15 is 0 Å². The van der Waals surface area contributed by atoms with Crippen LogP contribution in [-0.4, -0.2) is 42.2 Å². The van der Waals surface area contributed by atoms with E-state index in [1.807, 2.05) is 47.8 Å². The first-order valence-electron chi connectivity index (χ1n) is 8.31. The Labute approximate surface area is 177 Å². The number of rotatable bonds is 8. The third kappa shape index (κ3) is 7.06. The van der Waals surface area contributed by atoms with E-state index in [-0.39, 0.29) is 24.0 Å². The fourth-order valence-electron chi connectivity index (χ4n) is 2.27. The van der Waals surface area contributed by atoms with Crippen molar-refractivity contribution in [3.05, 3.63) is 42.2 Å². The number of guanidine groups is 1. The van der Waals surface area contributed by atoms with Crippen molar-refractivity contribution in [2.24, 2.45) is 18.0 Å². The molecular weight excluding hydrogens is 461 g/mol. The zero-order valence-corrected chi connectivity index (χ0v) is 18.9. The van der Waals surface area contributed by atoms with E-state index in [1.165, 1.54) is 4.90 Å². The summed E-state index contributed by atoms with van der Waals surface area (Å²) >= 11 is 1.82. The molecule has 26 heavy (non-hydrogen) atoms. The lowest BCUT2D eigenvalue weighted by Gasteiger charge is -2.16. The van der Waals surface area contributed by atoms with Gasteiger partial charge in [0.15, 0.2) is 5.96 Å². The number of halogens is 1. The Bertz CT molecular complexity index is 692. The van der Waals surface area contributed by atoms with Crippen LogP contribution in [0.5, 0.6) is 5.75 Å². The topological polar surface area (TPSA) is 63.5 Å². The van der Waals surface area contributed by atoms with Gasteiger partial charge in [-0.3, -0.25) is 9.67 Å². The number of para-hydroxylation sites is 1. The number of ether oxygens (including phenoxy) is 1. The molecule has 6 nitrogen and oxygen atoms in total. The molecule has 2 N–H and O–H groups in total. The Morgan fingerprint density at radius 3 is 2.73 bits per heavy atom. The summed E-state index contributed by atoms with van der Waals surface area (Å²) in [5.74, 6) is 3.23. The molecule has 1 unspecified atom stereocenters. The van der Waals surface area contributed by atoms with E-state index in [2.05, 4.69) is 33.7 Å². The Kier molecular flexibility index (Phi) is 10.5. The lowest BCUT2D eigenvalue weighted by Crippen LogP contribution is -2.39. The monoisotopic (exact) mass is 489 g/mol. The van der Waals surface area contributed by atoms with Crippen molar-refractivity contribution in [2.45, 2.75) is 18.4 Å². The molecule has 0 aliphatic carbocycles. The molecule has 2 rings (SSSR count). The number of aliphatic imine (C=N–C) groups is 1. The van der Waals surface area contributed by atoms with E-state index in [1.54, 1.807) is 20.4 Å². The van der Waals surface area contributed by atoms with Gasteiger partial charge in [-0.15, -0.1) is 35.7 Å². The molecule has 2 aromatic rings. The van der Waals surface area contributed by atoms with Crippen molar-refractivity contribution < 1.29 is 4.74 Å². The fraction of sp³-hybridized carbons (Fsp3) is 0.444. The normalized spacial score (nSPS) is 12.2. The molecule has 0 aliphatic rings. The minimum atomic E-state index is 0. The van der Waals surface area contributed by atoms with E-state index in [4.69, 9.17) is 4.74 Å². The number of aryl methyl sites for hydroxylation is 1. The van der Waals surface area contributed by atoms with Gasteiger partial charge in [0.25, 0.3) is 0 Å². The predicted octanol–water partition coefficient (Wildman–Crippen LogP) is 3.14. The number of hydrogen-bond acceptors (Lipinski definition) is 4. The molecule has 0 bridgehead atoms. The Morgan fingerprint density at radius 2 is 2.08 bits per heavy atom. The minimum Gasteiger partial charge on any atom is -0.496 e. The first kappa shape index (κ1) is 22.6. The zero-order chi connectivity index (χ0) is 18.1. The highest BCUT2D eigenvalue weighted by atomic mass is 127. The van der Waals surface area contributed by atoms with Gasteiger partial charge in [0, 0.05) is 37.5 Å². The van der Waals surface area contributed by atoms with Gasteiger partial charge >= 0.3 is 0 Å². The van der Waals surface area contributed by atoms with Gasteiger partial charge < -0.3 is 15.4 Å². The summed E-state index contributed by atoms with van der Waals surface area (Å²) in [6.07, 6.45) is 1.80. The zero-order valence-electron chi connectivity index (χ0n) is 15.7. The largest absolute Gasteiger partial charge is 0.496 e. The quantitative estimate of drug-likeness (QED) is 0.258. The number of aromatic nitrogens is 2. The van der Waals surface area contributed by atoms with E-state index < -0.39 is 0 Å². The molecule has 0 saturated heterocycles. The standard InChI is InChI=1S/C18H27N5OS.HI/c1-14(13-25-17-8-6-5-7-16(17)24-4)11-20-18(19-2)21-12-15-9-10-22-23(15)3;/h5-10,14H,11-13H2,1-4H3,(H2,19,20,21);1H. The van der Waals surface area contributed by atoms with Crippen LogP contribution < -0.4 is 15.4 Å². The van der Waals surface area contributed by atoms with Crippen molar-refractivity contribution in [2.75, 3.05) is 26.5 Å². The van der Waals surface area contributed by atoms with Crippen LogP contribution in [0.25, 0.3) is 0 Å². The molecule has 1 aromatic carbocycles. The number of methoxy groups -OCH3 is 1. The third-order valence-electron chi connectivity index (χ3n) is 3.79. The minimum absolute atomic E-state index is 0. The molecule has 0 radical (unpaired) electrons. The summed E-state index contributed by atoms with van der Waals surface area (Å²) in [5.41, 5.74) is 1.11. The highest BCUT2D eigenvalue weighted by Gasteiger charge is 2.08. The maximum atomic E-state index is 5.40. The summed E-state index contributed by atoms with van der Waals surface area (Å²) < 4.78 is 7.25. The second kappa shape index (κ2) is 12.1. The number of thioether (sulfide) groups is 1. The van der Waals surface area contributed by atoms with E-state index in [9.17, 15) is 0 Å². The lowest BCUT2D eigenvalue weighted by atomic mass is 10.2. The van der Waals surface area contributed by atoms with Crippen molar-refractivity contribution >= 4 is 41.7 Å². The van der Waals surface area contributed by atoms with Crippen molar-refractivity contribution in [3.8, 4) is 5.75 Å². The average molecular weight is 489 g/mol. The molecule has 0 aliphatic heterocycles. The summed E-state index contributed by atoms with van der Waals surface area (Å²) in [5, 5.41) is 10.9. The first-order valence-corrected chi connectivity index (χ1v) is 9.29. The van der Waals surface area contributed by atoms with Crippen LogP contribution in [0, 0.1) is 5.92 Å². The summed E-state index contributed by atoms with van der Waals surface area (Å²) in [4.78, 5) is 5.45. The van der Waals surface area contributed by atoms with Crippen LogP contribution in [-0.2, 0) is 13.6 Å². The van der Waals surface area contributed by atoms with Crippen LogP contribution in [0.4, 0.5) is 0 Å². The number of nitrogens with zero attached hydrogens (tertiary/aromatic N) is 3. The maximum Gasteiger partial charge on any atom is 0.191 e. The third-order valence-corrected chi connectivity index (χ3v) is 5.18. The van der Waals surface area contributed by atoms with Crippen LogP contribution in [0.15, 0.2) is 46.4 Å². The Morgan fingerprint density at radius 1 is 1.31 bits per heavy atom. The molecule has 0 saturated carbocycles. The molecule has 1 heterocycles. The second-order valence-electron chi connectivity index (χ2n) is 5.82. The van der Waals surface area contributed by atoms with Gasteiger partial charge in [0.05, 0.1) is 19.3 Å². The van der Waals surface area contributed by atoms with Crippen LogP contribution in [0.3, 0.4) is 0 Å². The first-order chi connectivity index (χ1) is 12.1. The summed E-state index contributed by atoms with van der Waals surface area (Å²) in [6, 6.07) is 10.1. The molecule has 0 amide bonds. The molecule has 144 valence electrons. The smallest absolute Gasteiger partial charge is 0.191 e. The highest BCUT2D eigenvalue weighted by Crippen LogP contribution is 2.29. The van der Waals surface area contributed by atoms with Gasteiger partial charge in [-0.25, -0.2) is 0 Å². The predicted molar refractivity (Wildman–Crippen MR) is 120 cm³/mol. The number of nitrogens with one attached hydrogen (secondary N) is 2. The SMILES string of the molecule is CN=C(NCc1ccnn1C)NCC(C)CSc1ccccc1OC.I. The van der Waals surface area contributed by atoms with E-state index in [0.29, 0.717) is 12.5 Å². The number of benzene rings is 1. The van der Waals surface area contributed by atoms with Gasteiger partial charge in [0.1, 0.15) is 5.75 Å².